The van der Waals surface area contributed by atoms with Crippen LogP contribution in [0.3, 0.4) is 0 Å². The third-order valence-electron chi connectivity index (χ3n) is 4.38. The molecule has 29 heavy (non-hydrogen) atoms. The van der Waals surface area contributed by atoms with E-state index < -0.39 is 0 Å². The topological polar surface area (TPSA) is 86.7 Å². The number of hydrogen-bond acceptors (Lipinski definition) is 7. The van der Waals surface area contributed by atoms with E-state index in [4.69, 9.17) is 9.51 Å². The molecule has 0 aliphatic rings. The molecule has 7 nitrogen and oxygen atoms in total. The Bertz CT molecular complexity index is 1240. The molecule has 0 N–H and O–H groups in total. The molecule has 0 atom stereocenters. The van der Waals surface area contributed by atoms with Crippen molar-refractivity contribution in [2.75, 3.05) is 0 Å². The van der Waals surface area contributed by atoms with E-state index in [0.29, 0.717) is 39.3 Å². The van der Waals surface area contributed by atoms with Crippen molar-refractivity contribution in [3.05, 3.63) is 70.2 Å². The fourth-order valence-electron chi connectivity index (χ4n) is 2.85. The van der Waals surface area contributed by atoms with Crippen molar-refractivity contribution in [2.45, 2.75) is 44.0 Å². The van der Waals surface area contributed by atoms with Crippen LogP contribution < -0.4 is 5.56 Å². The predicted octanol–water partition coefficient (Wildman–Crippen LogP) is 4.06. The summed E-state index contributed by atoms with van der Waals surface area (Å²) in [5, 5.41) is 5.16. The summed E-state index contributed by atoms with van der Waals surface area (Å²) < 4.78 is 6.93. The van der Waals surface area contributed by atoms with Gasteiger partial charge in [0.2, 0.25) is 5.89 Å². The van der Waals surface area contributed by atoms with Gasteiger partial charge in [-0.1, -0.05) is 55.9 Å². The molecule has 1 aromatic carbocycles. The molecule has 4 rings (SSSR count). The summed E-state index contributed by atoms with van der Waals surface area (Å²) in [4.78, 5) is 26.9. The largest absolute Gasteiger partial charge is 0.339 e. The quantitative estimate of drug-likeness (QED) is 0.372. The van der Waals surface area contributed by atoms with Crippen LogP contribution >= 0.6 is 11.8 Å². The van der Waals surface area contributed by atoms with Gasteiger partial charge < -0.3 is 4.52 Å². The Morgan fingerprint density at radius 1 is 1.10 bits per heavy atom. The van der Waals surface area contributed by atoms with Crippen LogP contribution in [0.15, 0.2) is 57.1 Å². The van der Waals surface area contributed by atoms with Crippen LogP contribution in [-0.4, -0.2) is 24.7 Å². The minimum atomic E-state index is -0.218. The first kappa shape index (κ1) is 19.3. The van der Waals surface area contributed by atoms with Crippen molar-refractivity contribution in [1.82, 2.24) is 24.7 Å². The molecule has 0 aliphatic heterocycles. The van der Waals surface area contributed by atoms with E-state index in [1.165, 1.54) is 11.8 Å². The monoisotopic (exact) mass is 407 g/mol. The fraction of sp³-hybridized carbons (Fsp3) is 0.286. The number of pyridine rings is 1. The second kappa shape index (κ2) is 7.44. The lowest BCUT2D eigenvalue weighted by Gasteiger charge is -2.13. The second-order valence-electron chi connectivity index (χ2n) is 7.75. The molecule has 0 spiro atoms. The molecule has 0 saturated carbocycles. The van der Waals surface area contributed by atoms with Gasteiger partial charge in [0.25, 0.3) is 5.56 Å². The van der Waals surface area contributed by atoms with Gasteiger partial charge in [-0.2, -0.15) is 4.98 Å². The average molecular weight is 407 g/mol. The van der Waals surface area contributed by atoms with E-state index in [1.54, 1.807) is 16.8 Å². The van der Waals surface area contributed by atoms with Crippen LogP contribution in [0, 0.1) is 6.92 Å². The lowest BCUT2D eigenvalue weighted by atomic mass is 9.97. The molecule has 0 unspecified atom stereocenters. The van der Waals surface area contributed by atoms with Crippen molar-refractivity contribution in [3.63, 3.8) is 0 Å². The van der Waals surface area contributed by atoms with Crippen LogP contribution in [0.5, 0.6) is 0 Å². The molecule has 8 heteroatoms. The highest BCUT2D eigenvalue weighted by Gasteiger charge is 2.22. The molecule has 0 bridgehead atoms. The van der Waals surface area contributed by atoms with Gasteiger partial charge in [0, 0.05) is 11.6 Å². The number of benzene rings is 1. The summed E-state index contributed by atoms with van der Waals surface area (Å²) in [5.74, 6) is 2.14. The van der Waals surface area contributed by atoms with Gasteiger partial charge >= 0.3 is 0 Å². The second-order valence-corrected chi connectivity index (χ2v) is 8.69. The molecule has 4 aromatic rings. The Balaban J connectivity index is 1.79. The summed E-state index contributed by atoms with van der Waals surface area (Å²) in [6.07, 6.45) is 1.67. The van der Waals surface area contributed by atoms with Crippen molar-refractivity contribution >= 4 is 22.7 Å². The molecular weight excluding hydrogens is 386 g/mol. The minimum Gasteiger partial charge on any atom is -0.339 e. The zero-order valence-corrected chi connectivity index (χ0v) is 17.5. The number of thioether (sulfide) groups is 1. The SMILES string of the molecule is Cc1cccnc1-n1c(SCc2noc(C(C)(C)C)n2)nc2ccccc2c1=O. The van der Waals surface area contributed by atoms with Crippen LogP contribution in [0.2, 0.25) is 0 Å². The highest BCUT2D eigenvalue weighted by atomic mass is 32.2. The van der Waals surface area contributed by atoms with E-state index in [0.717, 1.165) is 5.56 Å². The van der Waals surface area contributed by atoms with Crippen molar-refractivity contribution in [1.29, 1.82) is 0 Å². The molecule has 3 aromatic heterocycles. The first-order chi connectivity index (χ1) is 13.8. The van der Waals surface area contributed by atoms with Crippen molar-refractivity contribution in [2.24, 2.45) is 0 Å². The Morgan fingerprint density at radius 3 is 2.62 bits per heavy atom. The maximum absolute atomic E-state index is 13.3. The standard InChI is InChI=1S/C21H21N5O2S/c1-13-8-7-11-22-17(13)26-18(27)14-9-5-6-10-15(14)23-20(26)29-12-16-24-19(28-25-16)21(2,3)4/h5-11H,12H2,1-4H3. The van der Waals surface area contributed by atoms with Gasteiger partial charge in [0.05, 0.1) is 16.7 Å². The maximum Gasteiger partial charge on any atom is 0.267 e. The predicted molar refractivity (Wildman–Crippen MR) is 112 cm³/mol. The zero-order valence-electron chi connectivity index (χ0n) is 16.7. The third-order valence-corrected chi connectivity index (χ3v) is 5.31. The first-order valence-electron chi connectivity index (χ1n) is 9.24. The van der Waals surface area contributed by atoms with Gasteiger partial charge in [-0.3, -0.25) is 4.79 Å². The average Bonchev–Trinajstić information content (AvgIpc) is 3.17. The van der Waals surface area contributed by atoms with Gasteiger partial charge in [-0.15, -0.1) is 0 Å². The van der Waals surface area contributed by atoms with E-state index in [2.05, 4.69) is 15.1 Å². The molecule has 0 saturated heterocycles. The molecule has 0 radical (unpaired) electrons. The highest BCUT2D eigenvalue weighted by Crippen LogP contribution is 2.26. The zero-order chi connectivity index (χ0) is 20.6. The van der Waals surface area contributed by atoms with E-state index in [9.17, 15) is 4.79 Å². The van der Waals surface area contributed by atoms with Crippen LogP contribution in [0.1, 0.15) is 38.0 Å². The minimum absolute atomic E-state index is 0.150. The lowest BCUT2D eigenvalue weighted by Crippen LogP contribution is -2.23. The normalized spacial score (nSPS) is 11.9. The van der Waals surface area contributed by atoms with Crippen molar-refractivity contribution < 1.29 is 4.52 Å². The number of fused-ring (bicyclic) bond motifs is 1. The lowest BCUT2D eigenvalue weighted by molar-refractivity contribution is 0.319. The Kier molecular flexibility index (Phi) is 4.96. The van der Waals surface area contributed by atoms with Crippen LogP contribution in [-0.2, 0) is 11.2 Å². The Morgan fingerprint density at radius 2 is 1.90 bits per heavy atom. The Labute approximate surface area is 172 Å². The first-order valence-corrected chi connectivity index (χ1v) is 10.2. The molecule has 0 fully saturated rings. The maximum atomic E-state index is 13.3. The smallest absolute Gasteiger partial charge is 0.267 e. The van der Waals surface area contributed by atoms with E-state index >= 15 is 0 Å². The number of nitrogens with zero attached hydrogens (tertiary/aromatic N) is 5. The van der Waals surface area contributed by atoms with E-state index in [1.807, 2.05) is 58.0 Å². The number of aromatic nitrogens is 5. The van der Waals surface area contributed by atoms with Gasteiger partial charge in [-0.05, 0) is 30.7 Å². The summed E-state index contributed by atoms with van der Waals surface area (Å²) in [6, 6.07) is 11.1. The van der Waals surface area contributed by atoms with Gasteiger partial charge in [-0.25, -0.2) is 14.5 Å². The highest BCUT2D eigenvalue weighted by molar-refractivity contribution is 7.98. The molecular formula is C21H21N5O2S. The number of rotatable bonds is 4. The summed E-state index contributed by atoms with van der Waals surface area (Å²) >= 11 is 1.38. The Hall–Kier alpha value is -3.00. The summed E-state index contributed by atoms with van der Waals surface area (Å²) in [5.41, 5.74) is 1.17. The molecule has 0 amide bonds. The summed E-state index contributed by atoms with van der Waals surface area (Å²) in [6.45, 7) is 7.98. The van der Waals surface area contributed by atoms with Crippen LogP contribution in [0.25, 0.3) is 16.7 Å². The van der Waals surface area contributed by atoms with E-state index in [-0.39, 0.29) is 11.0 Å². The molecule has 0 aliphatic carbocycles. The van der Waals surface area contributed by atoms with Crippen molar-refractivity contribution in [3.8, 4) is 5.82 Å². The molecule has 148 valence electrons. The van der Waals surface area contributed by atoms with Crippen LogP contribution in [0.4, 0.5) is 0 Å². The number of aryl methyl sites for hydroxylation is 1. The third kappa shape index (κ3) is 3.80. The summed E-state index contributed by atoms with van der Waals surface area (Å²) in [7, 11) is 0. The number of hydrogen-bond donors (Lipinski definition) is 0. The van der Waals surface area contributed by atoms with Gasteiger partial charge in [0.15, 0.2) is 11.0 Å². The van der Waals surface area contributed by atoms with Gasteiger partial charge in [0.1, 0.15) is 5.82 Å². The molecule has 3 heterocycles. The number of para-hydroxylation sites is 1. The fourth-order valence-corrected chi connectivity index (χ4v) is 3.69.